The molecule has 9 heteroatoms. The Hall–Kier alpha value is -3.10. The molecule has 0 amide bonds. The van der Waals surface area contributed by atoms with Gasteiger partial charge in [-0.3, -0.25) is 10.00 Å². The molecular weight excluding hydrogens is 322 g/mol. The minimum Gasteiger partial charge on any atom is -0.478 e. The zero-order valence-corrected chi connectivity index (χ0v) is 13.6. The first-order chi connectivity index (χ1) is 12.0. The van der Waals surface area contributed by atoms with Crippen molar-refractivity contribution in [2.45, 2.75) is 37.8 Å². The number of carbonyl (C=O) groups is 1. The van der Waals surface area contributed by atoms with Crippen molar-refractivity contribution in [3.63, 3.8) is 0 Å². The molecule has 130 valence electrons. The molecule has 1 aliphatic heterocycles. The first kappa shape index (κ1) is 15.4. The van der Waals surface area contributed by atoms with Gasteiger partial charge in [0.05, 0.1) is 17.3 Å². The van der Waals surface area contributed by atoms with E-state index in [-0.39, 0.29) is 17.5 Å². The molecule has 0 atom stereocenters. The van der Waals surface area contributed by atoms with E-state index in [4.69, 9.17) is 11.5 Å². The van der Waals surface area contributed by atoms with Gasteiger partial charge in [0.25, 0.3) is 0 Å². The zero-order chi connectivity index (χ0) is 17.6. The lowest BCUT2D eigenvalue weighted by Gasteiger charge is -2.45. The van der Waals surface area contributed by atoms with Crippen LogP contribution in [0.15, 0.2) is 28.3 Å². The van der Waals surface area contributed by atoms with Crippen LogP contribution in [0.25, 0.3) is 10.9 Å². The van der Waals surface area contributed by atoms with E-state index in [1.165, 1.54) is 0 Å². The zero-order valence-electron chi connectivity index (χ0n) is 13.6. The number of H-pyrrole nitrogens is 1. The summed E-state index contributed by atoms with van der Waals surface area (Å²) in [6, 6.07) is 3.43. The molecule has 1 saturated carbocycles. The number of rotatable bonds is 2. The van der Waals surface area contributed by atoms with Gasteiger partial charge < -0.3 is 16.6 Å². The third kappa shape index (κ3) is 2.39. The number of aliphatic imine (C=N–C) groups is 2. The summed E-state index contributed by atoms with van der Waals surface area (Å²) in [5.41, 5.74) is 12.7. The third-order valence-corrected chi connectivity index (χ3v) is 4.87. The van der Waals surface area contributed by atoms with Gasteiger partial charge in [-0.25, -0.2) is 9.79 Å². The number of nitrogens with one attached hydrogen (secondary N) is 1. The lowest BCUT2D eigenvalue weighted by atomic mass is 9.87. The summed E-state index contributed by atoms with van der Waals surface area (Å²) < 4.78 is 0. The number of aromatic nitrogens is 2. The van der Waals surface area contributed by atoms with Gasteiger partial charge in [-0.1, -0.05) is 6.42 Å². The standard InChI is InChI=1S/C16H19N7O2/c17-14-20-15(18)23(16(21-14)4-2-1-3-5-16)10-6-9-8-19-22-12(9)11(7-10)13(24)25/h6-8H,1-5H2,(H,19,22)(H,24,25)(H4,17,18,20,21). The number of benzene rings is 1. The van der Waals surface area contributed by atoms with E-state index in [0.29, 0.717) is 16.6 Å². The van der Waals surface area contributed by atoms with Crippen LogP contribution in [0.3, 0.4) is 0 Å². The van der Waals surface area contributed by atoms with E-state index in [9.17, 15) is 9.90 Å². The number of hydrogen-bond acceptors (Lipinski definition) is 7. The average Bonchev–Trinajstić information content (AvgIpc) is 3.02. The van der Waals surface area contributed by atoms with Crippen LogP contribution >= 0.6 is 0 Å². The number of nitrogens with zero attached hydrogens (tertiary/aromatic N) is 4. The monoisotopic (exact) mass is 341 g/mol. The van der Waals surface area contributed by atoms with E-state index in [0.717, 1.165) is 32.1 Å². The van der Waals surface area contributed by atoms with E-state index in [1.54, 1.807) is 12.3 Å². The van der Waals surface area contributed by atoms with Gasteiger partial charge in [0.1, 0.15) is 5.66 Å². The summed E-state index contributed by atoms with van der Waals surface area (Å²) >= 11 is 0. The number of aromatic amines is 1. The first-order valence-corrected chi connectivity index (χ1v) is 8.20. The number of carboxylic acid groups (broad SMARTS) is 1. The second-order valence-electron chi connectivity index (χ2n) is 6.45. The van der Waals surface area contributed by atoms with E-state index >= 15 is 0 Å². The number of carboxylic acids is 1. The summed E-state index contributed by atoms with van der Waals surface area (Å²) in [7, 11) is 0. The van der Waals surface area contributed by atoms with Crippen molar-refractivity contribution in [1.82, 2.24) is 10.2 Å². The highest BCUT2D eigenvalue weighted by Gasteiger charge is 2.42. The fourth-order valence-corrected chi connectivity index (χ4v) is 3.83. The van der Waals surface area contributed by atoms with Crippen molar-refractivity contribution >= 4 is 34.5 Å². The molecule has 0 unspecified atom stereocenters. The fraction of sp³-hybridized carbons (Fsp3) is 0.375. The number of hydrogen-bond donors (Lipinski definition) is 4. The number of nitrogens with two attached hydrogens (primary N) is 2. The third-order valence-electron chi connectivity index (χ3n) is 4.87. The Kier molecular flexibility index (Phi) is 3.38. The summed E-state index contributed by atoms with van der Waals surface area (Å²) in [5, 5.41) is 16.9. The predicted octanol–water partition coefficient (Wildman–Crippen LogP) is 1.37. The Morgan fingerprint density at radius 2 is 2.00 bits per heavy atom. The van der Waals surface area contributed by atoms with Crippen molar-refractivity contribution in [2.75, 3.05) is 4.90 Å². The highest BCUT2D eigenvalue weighted by atomic mass is 16.4. The molecule has 6 N–H and O–H groups in total. The fourth-order valence-electron chi connectivity index (χ4n) is 3.83. The van der Waals surface area contributed by atoms with E-state index in [2.05, 4.69) is 20.2 Å². The van der Waals surface area contributed by atoms with E-state index in [1.807, 2.05) is 11.0 Å². The molecule has 1 spiro atoms. The smallest absolute Gasteiger partial charge is 0.337 e. The van der Waals surface area contributed by atoms with Crippen LogP contribution in [-0.4, -0.2) is 38.9 Å². The van der Waals surface area contributed by atoms with Gasteiger partial charge in [0, 0.05) is 11.1 Å². The molecule has 2 aliphatic rings. The van der Waals surface area contributed by atoms with Gasteiger partial charge in [-0.05, 0) is 37.8 Å². The van der Waals surface area contributed by atoms with Crippen LogP contribution in [0.2, 0.25) is 0 Å². The highest BCUT2D eigenvalue weighted by molar-refractivity contribution is 6.09. The summed E-state index contributed by atoms with van der Waals surface area (Å²) in [4.78, 5) is 22.2. The largest absolute Gasteiger partial charge is 0.478 e. The highest BCUT2D eigenvalue weighted by Crippen LogP contribution is 2.40. The van der Waals surface area contributed by atoms with Crippen molar-refractivity contribution in [3.05, 3.63) is 23.9 Å². The molecule has 1 aromatic carbocycles. The maximum Gasteiger partial charge on any atom is 0.337 e. The summed E-state index contributed by atoms with van der Waals surface area (Å²) in [5.74, 6) is -0.642. The lowest BCUT2D eigenvalue weighted by molar-refractivity contribution is 0.0698. The predicted molar refractivity (Wildman–Crippen MR) is 94.6 cm³/mol. The molecule has 0 bridgehead atoms. The van der Waals surface area contributed by atoms with Gasteiger partial charge in [0.15, 0.2) is 0 Å². The average molecular weight is 341 g/mol. The Morgan fingerprint density at radius 1 is 1.24 bits per heavy atom. The molecule has 1 aliphatic carbocycles. The van der Waals surface area contributed by atoms with Crippen LogP contribution in [0, 0.1) is 0 Å². The molecule has 0 radical (unpaired) electrons. The lowest BCUT2D eigenvalue weighted by Crippen LogP contribution is -2.58. The molecule has 1 aromatic heterocycles. The summed E-state index contributed by atoms with van der Waals surface area (Å²) in [6.45, 7) is 0. The van der Waals surface area contributed by atoms with Crippen LogP contribution in [0.5, 0.6) is 0 Å². The minimum atomic E-state index is -1.04. The molecule has 2 heterocycles. The Bertz CT molecular complexity index is 908. The Morgan fingerprint density at radius 3 is 2.72 bits per heavy atom. The molecule has 2 aromatic rings. The van der Waals surface area contributed by atoms with Crippen molar-refractivity contribution in [3.8, 4) is 0 Å². The second-order valence-corrected chi connectivity index (χ2v) is 6.45. The van der Waals surface area contributed by atoms with Crippen molar-refractivity contribution in [1.29, 1.82) is 0 Å². The molecule has 0 saturated heterocycles. The molecule has 1 fully saturated rings. The molecule has 25 heavy (non-hydrogen) atoms. The normalized spacial score (nSPS) is 19.8. The minimum absolute atomic E-state index is 0.131. The molecular formula is C16H19N7O2. The Labute approximate surface area is 143 Å². The number of guanidine groups is 2. The van der Waals surface area contributed by atoms with Gasteiger partial charge in [-0.2, -0.15) is 10.1 Å². The van der Waals surface area contributed by atoms with Crippen molar-refractivity contribution < 1.29 is 9.90 Å². The van der Waals surface area contributed by atoms with Gasteiger partial charge in [0.2, 0.25) is 11.9 Å². The van der Waals surface area contributed by atoms with Crippen LogP contribution in [0.4, 0.5) is 5.69 Å². The van der Waals surface area contributed by atoms with Gasteiger partial charge >= 0.3 is 5.97 Å². The number of fused-ring (bicyclic) bond motifs is 1. The maximum absolute atomic E-state index is 11.7. The number of anilines is 1. The van der Waals surface area contributed by atoms with Crippen LogP contribution < -0.4 is 16.4 Å². The Balaban J connectivity index is 1.91. The summed E-state index contributed by atoms with van der Waals surface area (Å²) in [6.07, 6.45) is 6.29. The van der Waals surface area contributed by atoms with Crippen molar-refractivity contribution in [2.24, 2.45) is 21.5 Å². The first-order valence-electron chi connectivity index (χ1n) is 8.20. The van der Waals surface area contributed by atoms with E-state index < -0.39 is 11.6 Å². The molecule has 4 rings (SSSR count). The maximum atomic E-state index is 11.7. The molecule has 9 nitrogen and oxygen atoms in total. The SMILES string of the molecule is NC1=NC2(CCCCC2)N(c2cc(C(=O)O)c3[nH]ncc3c2)C(N)=N1. The quantitative estimate of drug-likeness (QED) is 0.649. The van der Waals surface area contributed by atoms with Crippen LogP contribution in [0.1, 0.15) is 42.5 Å². The topological polar surface area (TPSA) is 146 Å². The number of aromatic carboxylic acids is 1. The van der Waals surface area contributed by atoms with Gasteiger partial charge in [-0.15, -0.1) is 0 Å². The van der Waals surface area contributed by atoms with Crippen LogP contribution in [-0.2, 0) is 0 Å². The second kappa shape index (κ2) is 5.47.